The van der Waals surface area contributed by atoms with E-state index < -0.39 is 5.69 Å². The van der Waals surface area contributed by atoms with Gasteiger partial charge in [-0.05, 0) is 18.6 Å². The number of fused-ring (bicyclic) bond motifs is 1. The van der Waals surface area contributed by atoms with Gasteiger partial charge in [-0.25, -0.2) is 9.78 Å². The highest BCUT2D eigenvalue weighted by atomic mass is 16.5. The lowest BCUT2D eigenvalue weighted by atomic mass is 10.3. The monoisotopic (exact) mass is 258 g/mol. The van der Waals surface area contributed by atoms with E-state index in [2.05, 4.69) is 9.97 Å². The Hall–Kier alpha value is -2.42. The van der Waals surface area contributed by atoms with Crippen molar-refractivity contribution >= 4 is 11.0 Å². The Morgan fingerprint density at radius 2 is 2.21 bits per heavy atom. The molecule has 2 aromatic rings. The van der Waals surface area contributed by atoms with E-state index in [-0.39, 0.29) is 11.6 Å². The van der Waals surface area contributed by atoms with Crippen molar-refractivity contribution in [2.75, 3.05) is 6.61 Å². The zero-order valence-corrected chi connectivity index (χ0v) is 10.9. The van der Waals surface area contributed by atoms with Gasteiger partial charge in [-0.3, -0.25) is 4.57 Å². The number of nitriles is 1. The Morgan fingerprint density at radius 3 is 2.89 bits per heavy atom. The number of pyridine rings is 1. The lowest BCUT2D eigenvalue weighted by Crippen LogP contribution is -2.22. The summed E-state index contributed by atoms with van der Waals surface area (Å²) in [5.41, 5.74) is 0.918. The molecule has 0 aliphatic rings. The first-order chi connectivity index (χ1) is 9.17. The summed E-state index contributed by atoms with van der Waals surface area (Å²) in [7, 11) is 1.61. The molecule has 2 heterocycles. The van der Waals surface area contributed by atoms with E-state index in [9.17, 15) is 4.79 Å². The van der Waals surface area contributed by atoms with E-state index in [0.717, 1.165) is 12.8 Å². The zero-order chi connectivity index (χ0) is 13.8. The van der Waals surface area contributed by atoms with Gasteiger partial charge < -0.3 is 4.74 Å². The van der Waals surface area contributed by atoms with Crippen molar-refractivity contribution in [2.24, 2.45) is 7.05 Å². The molecule has 0 aromatic carbocycles. The smallest absolute Gasteiger partial charge is 0.351 e. The van der Waals surface area contributed by atoms with Gasteiger partial charge in [-0.2, -0.15) is 10.2 Å². The number of ether oxygens (including phenoxy) is 1. The van der Waals surface area contributed by atoms with Crippen molar-refractivity contribution in [3.05, 3.63) is 28.3 Å². The molecule has 0 N–H and O–H groups in total. The molecule has 0 radical (unpaired) electrons. The highest BCUT2D eigenvalue weighted by Crippen LogP contribution is 2.19. The van der Waals surface area contributed by atoms with E-state index in [1.165, 1.54) is 4.57 Å². The number of unbranched alkanes of at least 4 members (excludes halogenated alkanes) is 1. The average molecular weight is 258 g/mol. The second-order valence-electron chi connectivity index (χ2n) is 4.14. The van der Waals surface area contributed by atoms with Gasteiger partial charge in [0, 0.05) is 7.05 Å². The fraction of sp³-hybridized carbons (Fsp3) is 0.385. The first kappa shape index (κ1) is 13.0. The summed E-state index contributed by atoms with van der Waals surface area (Å²) in [5, 5.41) is 8.88. The molecular weight excluding hydrogens is 244 g/mol. The van der Waals surface area contributed by atoms with Crippen LogP contribution in [0.25, 0.3) is 11.0 Å². The third kappa shape index (κ3) is 2.55. The Morgan fingerprint density at radius 1 is 1.42 bits per heavy atom. The highest BCUT2D eigenvalue weighted by Gasteiger charge is 2.11. The molecule has 0 amide bonds. The topological polar surface area (TPSA) is 80.8 Å². The van der Waals surface area contributed by atoms with Crippen LogP contribution >= 0.6 is 0 Å². The average Bonchev–Trinajstić information content (AvgIpc) is 2.44. The van der Waals surface area contributed by atoms with E-state index in [4.69, 9.17) is 10.00 Å². The van der Waals surface area contributed by atoms with Crippen LogP contribution in [0, 0.1) is 11.3 Å². The van der Waals surface area contributed by atoms with Crippen molar-refractivity contribution in [3.8, 4) is 11.9 Å². The summed E-state index contributed by atoms with van der Waals surface area (Å²) in [4.78, 5) is 19.7. The maximum Gasteiger partial charge on any atom is 0.351 e. The molecule has 0 unspecified atom stereocenters. The minimum atomic E-state index is -0.398. The van der Waals surface area contributed by atoms with E-state index >= 15 is 0 Å². The Kier molecular flexibility index (Phi) is 3.76. The molecule has 6 nitrogen and oxygen atoms in total. The third-order valence-electron chi connectivity index (χ3n) is 2.77. The van der Waals surface area contributed by atoms with E-state index in [0.29, 0.717) is 17.6 Å². The molecule has 0 saturated heterocycles. The second kappa shape index (κ2) is 5.48. The van der Waals surface area contributed by atoms with Gasteiger partial charge >= 0.3 is 5.69 Å². The van der Waals surface area contributed by atoms with Gasteiger partial charge in [0.25, 0.3) is 0 Å². The van der Waals surface area contributed by atoms with Crippen molar-refractivity contribution in [1.82, 2.24) is 14.5 Å². The molecule has 2 rings (SSSR count). The van der Waals surface area contributed by atoms with Crippen LogP contribution in [-0.2, 0) is 7.05 Å². The van der Waals surface area contributed by atoms with Crippen LogP contribution in [0.15, 0.2) is 16.9 Å². The lowest BCUT2D eigenvalue weighted by Gasteiger charge is -2.09. The van der Waals surface area contributed by atoms with Crippen molar-refractivity contribution in [2.45, 2.75) is 19.8 Å². The molecule has 0 saturated carbocycles. The summed E-state index contributed by atoms with van der Waals surface area (Å²) in [6.45, 7) is 2.52. The fourth-order valence-electron chi connectivity index (χ4n) is 1.67. The van der Waals surface area contributed by atoms with Crippen LogP contribution in [-0.4, -0.2) is 21.1 Å². The summed E-state index contributed by atoms with van der Waals surface area (Å²) >= 11 is 0. The lowest BCUT2D eigenvalue weighted by molar-refractivity contribution is 0.299. The maximum absolute atomic E-state index is 11.7. The highest BCUT2D eigenvalue weighted by molar-refractivity contribution is 5.79. The zero-order valence-electron chi connectivity index (χ0n) is 10.9. The Balaban J connectivity index is 2.58. The first-order valence-electron chi connectivity index (χ1n) is 6.08. The van der Waals surface area contributed by atoms with Crippen molar-refractivity contribution in [1.29, 1.82) is 5.26 Å². The van der Waals surface area contributed by atoms with Crippen molar-refractivity contribution in [3.63, 3.8) is 0 Å². The predicted molar refractivity (Wildman–Crippen MR) is 69.9 cm³/mol. The van der Waals surface area contributed by atoms with Crippen LogP contribution < -0.4 is 10.4 Å². The van der Waals surface area contributed by atoms with Crippen LogP contribution in [0.1, 0.15) is 25.5 Å². The molecule has 19 heavy (non-hydrogen) atoms. The summed E-state index contributed by atoms with van der Waals surface area (Å²) in [5.74, 6) is 0.198. The Labute approximate surface area is 110 Å². The molecule has 0 spiro atoms. The molecule has 0 fully saturated rings. The predicted octanol–water partition coefficient (Wildman–Crippen LogP) is 1.38. The fourth-order valence-corrected chi connectivity index (χ4v) is 1.67. The van der Waals surface area contributed by atoms with Crippen molar-refractivity contribution < 1.29 is 4.74 Å². The van der Waals surface area contributed by atoms with Gasteiger partial charge in [-0.15, -0.1) is 0 Å². The van der Waals surface area contributed by atoms with Crippen LogP contribution in [0.5, 0.6) is 5.88 Å². The van der Waals surface area contributed by atoms with Crippen LogP contribution in [0.3, 0.4) is 0 Å². The molecule has 0 atom stereocenters. The quantitative estimate of drug-likeness (QED) is 0.774. The summed E-state index contributed by atoms with van der Waals surface area (Å²) < 4.78 is 6.88. The molecule has 0 aliphatic carbocycles. The van der Waals surface area contributed by atoms with E-state index in [1.807, 2.05) is 13.0 Å². The van der Waals surface area contributed by atoms with Gasteiger partial charge in [-0.1, -0.05) is 13.3 Å². The van der Waals surface area contributed by atoms with Gasteiger partial charge in [0.15, 0.2) is 5.52 Å². The molecule has 2 aromatic heterocycles. The minimum absolute atomic E-state index is 0.198. The summed E-state index contributed by atoms with van der Waals surface area (Å²) in [6, 6.07) is 5.21. The number of aromatic nitrogens is 3. The summed E-state index contributed by atoms with van der Waals surface area (Å²) in [6.07, 6.45) is 1.86. The van der Waals surface area contributed by atoms with Crippen LogP contribution in [0.4, 0.5) is 0 Å². The molecule has 6 heteroatoms. The van der Waals surface area contributed by atoms with Gasteiger partial charge in [0.2, 0.25) is 5.88 Å². The SMILES string of the molecule is CCCCOc1nc(=O)n(C)c2ccc(C#N)nc12. The number of aryl methyl sites for hydroxylation is 1. The van der Waals surface area contributed by atoms with Gasteiger partial charge in [0.05, 0.1) is 12.1 Å². The molecule has 98 valence electrons. The molecule has 0 bridgehead atoms. The third-order valence-corrected chi connectivity index (χ3v) is 2.77. The number of hydrogen-bond acceptors (Lipinski definition) is 5. The second-order valence-corrected chi connectivity index (χ2v) is 4.14. The molecule has 0 aliphatic heterocycles. The number of nitrogens with zero attached hydrogens (tertiary/aromatic N) is 4. The maximum atomic E-state index is 11.7. The normalized spacial score (nSPS) is 10.4. The van der Waals surface area contributed by atoms with E-state index in [1.54, 1.807) is 19.2 Å². The minimum Gasteiger partial charge on any atom is -0.476 e. The number of hydrogen-bond donors (Lipinski definition) is 0. The van der Waals surface area contributed by atoms with Crippen LogP contribution in [0.2, 0.25) is 0 Å². The number of rotatable bonds is 4. The molecular formula is C13H14N4O2. The standard InChI is InChI=1S/C13H14N4O2/c1-3-4-7-19-12-11-10(17(2)13(18)16-12)6-5-9(8-14)15-11/h5-6H,3-4,7H2,1-2H3. The Bertz CT molecular complexity index is 700. The van der Waals surface area contributed by atoms with Gasteiger partial charge in [0.1, 0.15) is 11.8 Å². The largest absolute Gasteiger partial charge is 0.476 e. The first-order valence-corrected chi connectivity index (χ1v) is 6.08.